The lowest BCUT2D eigenvalue weighted by Gasteiger charge is -2.13. The van der Waals surface area contributed by atoms with Crippen molar-refractivity contribution in [2.75, 3.05) is 0 Å². The molecule has 130 valence electrons. The standard InChI is InChI=1S/C19H21N3O2S/c1-4-12(2)20-17(23)11-22-13(3)21-18-15(19(22)24)10-16(25-18)14-8-6-5-7-9-14/h5-10,12H,4,11H2,1-3H3,(H,20,23). The molecule has 0 spiro atoms. The highest BCUT2D eigenvalue weighted by atomic mass is 32.1. The summed E-state index contributed by atoms with van der Waals surface area (Å²) in [7, 11) is 0. The molecule has 0 bridgehead atoms. The van der Waals surface area contributed by atoms with Crippen LogP contribution in [-0.2, 0) is 11.3 Å². The van der Waals surface area contributed by atoms with Crippen LogP contribution in [0.5, 0.6) is 0 Å². The summed E-state index contributed by atoms with van der Waals surface area (Å²) in [5.41, 5.74) is 0.892. The second-order valence-electron chi connectivity index (χ2n) is 6.12. The van der Waals surface area contributed by atoms with Crippen LogP contribution >= 0.6 is 11.3 Å². The molecular weight excluding hydrogens is 334 g/mol. The number of carbonyl (C=O) groups excluding carboxylic acids is 1. The number of aryl methyl sites for hydroxylation is 1. The highest BCUT2D eigenvalue weighted by Crippen LogP contribution is 2.30. The van der Waals surface area contributed by atoms with E-state index in [2.05, 4.69) is 10.3 Å². The molecule has 1 unspecified atom stereocenters. The number of carbonyl (C=O) groups is 1. The summed E-state index contributed by atoms with van der Waals surface area (Å²) in [6.45, 7) is 5.71. The van der Waals surface area contributed by atoms with Gasteiger partial charge in [0.15, 0.2) is 0 Å². The van der Waals surface area contributed by atoms with Crippen molar-refractivity contribution in [2.24, 2.45) is 0 Å². The molecule has 0 aliphatic rings. The number of aromatic nitrogens is 2. The van der Waals surface area contributed by atoms with Crippen molar-refractivity contribution in [3.63, 3.8) is 0 Å². The Labute approximate surface area is 150 Å². The molecule has 1 N–H and O–H groups in total. The van der Waals surface area contributed by atoms with E-state index in [0.29, 0.717) is 16.0 Å². The zero-order chi connectivity index (χ0) is 18.0. The molecule has 1 amide bonds. The van der Waals surface area contributed by atoms with Crippen molar-refractivity contribution in [3.8, 4) is 10.4 Å². The van der Waals surface area contributed by atoms with Crippen molar-refractivity contribution in [1.29, 1.82) is 0 Å². The molecule has 1 aromatic carbocycles. The monoisotopic (exact) mass is 355 g/mol. The summed E-state index contributed by atoms with van der Waals surface area (Å²) < 4.78 is 1.45. The number of nitrogens with zero attached hydrogens (tertiary/aromatic N) is 2. The second-order valence-corrected chi connectivity index (χ2v) is 7.15. The molecule has 5 nitrogen and oxygen atoms in total. The van der Waals surface area contributed by atoms with E-state index < -0.39 is 0 Å². The van der Waals surface area contributed by atoms with Crippen molar-refractivity contribution in [3.05, 3.63) is 52.6 Å². The van der Waals surface area contributed by atoms with E-state index in [0.717, 1.165) is 16.9 Å². The molecule has 25 heavy (non-hydrogen) atoms. The minimum atomic E-state index is -0.167. The van der Waals surface area contributed by atoms with E-state index in [-0.39, 0.29) is 24.1 Å². The van der Waals surface area contributed by atoms with E-state index in [1.165, 1.54) is 15.9 Å². The Bertz CT molecular complexity index is 960. The molecule has 2 heterocycles. The topological polar surface area (TPSA) is 64.0 Å². The maximum absolute atomic E-state index is 12.8. The Morgan fingerprint density at radius 3 is 2.72 bits per heavy atom. The van der Waals surface area contributed by atoms with Crippen LogP contribution in [0.15, 0.2) is 41.2 Å². The fraction of sp³-hybridized carbons (Fsp3) is 0.316. The van der Waals surface area contributed by atoms with Gasteiger partial charge in [0.05, 0.1) is 5.39 Å². The average Bonchev–Trinajstić information content (AvgIpc) is 3.03. The third kappa shape index (κ3) is 3.64. The van der Waals surface area contributed by atoms with Crippen molar-refractivity contribution >= 4 is 27.5 Å². The predicted octanol–water partition coefficient (Wildman–Crippen LogP) is 3.35. The Hall–Kier alpha value is -2.47. The zero-order valence-electron chi connectivity index (χ0n) is 14.6. The predicted molar refractivity (Wildman–Crippen MR) is 102 cm³/mol. The van der Waals surface area contributed by atoms with Gasteiger partial charge >= 0.3 is 0 Å². The SMILES string of the molecule is CCC(C)NC(=O)Cn1c(C)nc2sc(-c3ccccc3)cc2c1=O. The van der Waals surface area contributed by atoms with Crippen LogP contribution in [0.1, 0.15) is 26.1 Å². The van der Waals surface area contributed by atoms with Gasteiger partial charge in [-0.05, 0) is 31.9 Å². The molecule has 3 aromatic rings. The maximum Gasteiger partial charge on any atom is 0.262 e. The van der Waals surface area contributed by atoms with E-state index in [4.69, 9.17) is 0 Å². The molecule has 0 saturated heterocycles. The van der Waals surface area contributed by atoms with Crippen molar-refractivity contribution in [2.45, 2.75) is 39.8 Å². The van der Waals surface area contributed by atoms with Crippen molar-refractivity contribution < 1.29 is 4.79 Å². The smallest absolute Gasteiger partial charge is 0.262 e. The highest BCUT2D eigenvalue weighted by molar-refractivity contribution is 7.21. The van der Waals surface area contributed by atoms with Gasteiger partial charge in [0.25, 0.3) is 5.56 Å². The summed E-state index contributed by atoms with van der Waals surface area (Å²) >= 11 is 1.50. The van der Waals surface area contributed by atoms with Gasteiger partial charge in [0.2, 0.25) is 5.91 Å². The molecule has 0 aliphatic heterocycles. The summed E-state index contributed by atoms with van der Waals surface area (Å²) in [5.74, 6) is 0.387. The first-order valence-electron chi connectivity index (χ1n) is 8.35. The minimum Gasteiger partial charge on any atom is -0.352 e. The third-order valence-electron chi connectivity index (χ3n) is 4.22. The van der Waals surface area contributed by atoms with Crippen LogP contribution < -0.4 is 10.9 Å². The van der Waals surface area contributed by atoms with Gasteiger partial charge in [-0.2, -0.15) is 0 Å². The Morgan fingerprint density at radius 1 is 1.32 bits per heavy atom. The average molecular weight is 355 g/mol. The van der Waals surface area contributed by atoms with Gasteiger partial charge < -0.3 is 5.32 Å². The molecular formula is C19H21N3O2S. The molecule has 0 radical (unpaired) electrons. The molecule has 2 aromatic heterocycles. The second kappa shape index (κ2) is 7.19. The number of thiophene rings is 1. The molecule has 0 saturated carbocycles. The summed E-state index contributed by atoms with van der Waals surface area (Å²) in [6, 6.07) is 11.9. The number of hydrogen-bond acceptors (Lipinski definition) is 4. The quantitative estimate of drug-likeness (QED) is 0.763. The van der Waals surface area contributed by atoms with E-state index in [9.17, 15) is 9.59 Å². The lowest BCUT2D eigenvalue weighted by atomic mass is 10.2. The van der Waals surface area contributed by atoms with Gasteiger partial charge in [0.1, 0.15) is 17.2 Å². The van der Waals surface area contributed by atoms with Crippen LogP contribution in [0.25, 0.3) is 20.7 Å². The minimum absolute atomic E-state index is 0.00549. The van der Waals surface area contributed by atoms with Crippen molar-refractivity contribution in [1.82, 2.24) is 14.9 Å². The normalized spacial score (nSPS) is 12.3. The first-order valence-corrected chi connectivity index (χ1v) is 9.17. The number of nitrogens with one attached hydrogen (secondary N) is 1. The largest absolute Gasteiger partial charge is 0.352 e. The van der Waals surface area contributed by atoms with Crippen LogP contribution in [0.2, 0.25) is 0 Å². The summed E-state index contributed by atoms with van der Waals surface area (Å²) in [5, 5.41) is 3.45. The lowest BCUT2D eigenvalue weighted by molar-refractivity contribution is -0.122. The maximum atomic E-state index is 12.8. The Kier molecular flexibility index (Phi) is 4.99. The van der Waals surface area contributed by atoms with Gasteiger partial charge in [-0.3, -0.25) is 14.2 Å². The molecule has 6 heteroatoms. The first-order chi connectivity index (χ1) is 12.0. The summed E-state index contributed by atoms with van der Waals surface area (Å²) in [6.07, 6.45) is 0.849. The Balaban J connectivity index is 1.98. The third-order valence-corrected chi connectivity index (χ3v) is 5.30. The number of rotatable bonds is 5. The van der Waals surface area contributed by atoms with E-state index in [1.54, 1.807) is 6.92 Å². The van der Waals surface area contributed by atoms with Crippen LogP contribution in [0.3, 0.4) is 0 Å². The fourth-order valence-electron chi connectivity index (χ4n) is 2.61. The number of amides is 1. The molecule has 3 rings (SSSR count). The van der Waals surface area contributed by atoms with Gasteiger partial charge in [-0.15, -0.1) is 11.3 Å². The lowest BCUT2D eigenvalue weighted by Crippen LogP contribution is -2.38. The van der Waals surface area contributed by atoms with E-state index in [1.807, 2.05) is 50.2 Å². The highest BCUT2D eigenvalue weighted by Gasteiger charge is 2.15. The molecule has 0 aliphatic carbocycles. The van der Waals surface area contributed by atoms with Crippen LogP contribution in [0, 0.1) is 6.92 Å². The van der Waals surface area contributed by atoms with Gasteiger partial charge in [-0.25, -0.2) is 4.98 Å². The summed E-state index contributed by atoms with van der Waals surface area (Å²) in [4.78, 5) is 31.2. The van der Waals surface area contributed by atoms with Crippen LogP contribution in [0.4, 0.5) is 0 Å². The number of hydrogen-bond donors (Lipinski definition) is 1. The molecule has 1 atom stereocenters. The number of fused-ring (bicyclic) bond motifs is 1. The Morgan fingerprint density at radius 2 is 2.04 bits per heavy atom. The van der Waals surface area contributed by atoms with Crippen LogP contribution in [-0.4, -0.2) is 21.5 Å². The zero-order valence-corrected chi connectivity index (χ0v) is 15.4. The molecule has 0 fully saturated rings. The van der Waals surface area contributed by atoms with E-state index >= 15 is 0 Å². The van der Waals surface area contributed by atoms with Gasteiger partial charge in [-0.1, -0.05) is 37.3 Å². The number of benzene rings is 1. The first kappa shape index (κ1) is 17.4. The fourth-order valence-corrected chi connectivity index (χ4v) is 3.69. The van der Waals surface area contributed by atoms with Gasteiger partial charge in [0, 0.05) is 10.9 Å².